The molecule has 1 aromatic rings. The molecule has 0 aromatic heterocycles. The number of piperazine rings is 1. The largest absolute Gasteiger partial charge is 0.492 e. The fourth-order valence-electron chi connectivity index (χ4n) is 2.36. The highest BCUT2D eigenvalue weighted by Gasteiger charge is 2.19. The minimum absolute atomic E-state index is 0.406. The number of rotatable bonds is 5. The second kappa shape index (κ2) is 7.02. The van der Waals surface area contributed by atoms with E-state index < -0.39 is 0 Å². The maximum Gasteiger partial charge on any atom is 0.120 e. The first kappa shape index (κ1) is 15.2. The summed E-state index contributed by atoms with van der Waals surface area (Å²) in [5, 5.41) is 0. The van der Waals surface area contributed by atoms with Crippen LogP contribution in [0.15, 0.2) is 24.3 Å². The van der Waals surface area contributed by atoms with Crippen molar-refractivity contribution in [1.29, 1.82) is 0 Å². The van der Waals surface area contributed by atoms with Crippen molar-refractivity contribution in [2.75, 3.05) is 39.8 Å². The summed E-state index contributed by atoms with van der Waals surface area (Å²) in [5.74, 6) is 0.831. The first-order valence-corrected chi connectivity index (χ1v) is 7.42. The van der Waals surface area contributed by atoms with Crippen LogP contribution < -0.4 is 10.5 Å². The molecule has 0 saturated carbocycles. The normalized spacial score (nSPS) is 20.8. The van der Waals surface area contributed by atoms with E-state index >= 15 is 0 Å². The highest BCUT2D eigenvalue weighted by molar-refractivity contribution is 7.80. The quantitative estimate of drug-likeness (QED) is 0.830. The highest BCUT2D eigenvalue weighted by Crippen LogP contribution is 2.13. The molecule has 2 rings (SSSR count). The SMILES string of the molecule is CC1CN(CCOc2cccc(C(N)=S)c2)CCN1C. The Morgan fingerprint density at radius 2 is 2.25 bits per heavy atom. The molecule has 1 aliphatic heterocycles. The lowest BCUT2D eigenvalue weighted by Crippen LogP contribution is -2.50. The summed E-state index contributed by atoms with van der Waals surface area (Å²) in [6.45, 7) is 7.24. The van der Waals surface area contributed by atoms with Gasteiger partial charge in [-0.3, -0.25) is 4.90 Å². The lowest BCUT2D eigenvalue weighted by atomic mass is 10.2. The van der Waals surface area contributed by atoms with E-state index in [9.17, 15) is 0 Å². The predicted molar refractivity (Wildman–Crippen MR) is 86.4 cm³/mol. The summed E-state index contributed by atoms with van der Waals surface area (Å²) in [7, 11) is 2.18. The zero-order valence-corrected chi connectivity index (χ0v) is 13.0. The zero-order valence-electron chi connectivity index (χ0n) is 12.2. The Kier molecular flexibility index (Phi) is 5.34. The van der Waals surface area contributed by atoms with Gasteiger partial charge in [-0.05, 0) is 26.1 Å². The van der Waals surface area contributed by atoms with Crippen LogP contribution in [0.4, 0.5) is 0 Å². The van der Waals surface area contributed by atoms with Crippen LogP contribution in [0.5, 0.6) is 5.75 Å². The molecule has 4 nitrogen and oxygen atoms in total. The number of likely N-dealkylation sites (N-methyl/N-ethyl adjacent to an activating group) is 1. The van der Waals surface area contributed by atoms with Gasteiger partial charge in [0, 0.05) is 37.8 Å². The molecule has 2 N–H and O–H groups in total. The van der Waals surface area contributed by atoms with Crippen molar-refractivity contribution in [3.8, 4) is 5.75 Å². The van der Waals surface area contributed by atoms with Crippen LogP contribution >= 0.6 is 12.2 Å². The number of hydrogen-bond acceptors (Lipinski definition) is 4. The molecule has 1 unspecified atom stereocenters. The van der Waals surface area contributed by atoms with Crippen molar-refractivity contribution in [2.24, 2.45) is 5.73 Å². The number of benzene rings is 1. The molecule has 1 saturated heterocycles. The maximum absolute atomic E-state index is 5.79. The van der Waals surface area contributed by atoms with Gasteiger partial charge < -0.3 is 15.4 Å². The average Bonchev–Trinajstić information content (AvgIpc) is 2.43. The van der Waals surface area contributed by atoms with Crippen molar-refractivity contribution in [2.45, 2.75) is 13.0 Å². The van der Waals surface area contributed by atoms with E-state index in [4.69, 9.17) is 22.7 Å². The number of ether oxygens (including phenoxy) is 1. The Labute approximate surface area is 126 Å². The lowest BCUT2D eigenvalue weighted by molar-refractivity contribution is 0.0928. The number of thiocarbonyl (C=S) groups is 1. The molecule has 0 amide bonds. The van der Waals surface area contributed by atoms with Crippen molar-refractivity contribution >= 4 is 17.2 Å². The van der Waals surface area contributed by atoms with Gasteiger partial charge in [0.25, 0.3) is 0 Å². The fraction of sp³-hybridized carbons (Fsp3) is 0.533. The van der Waals surface area contributed by atoms with E-state index in [1.165, 1.54) is 0 Å². The summed E-state index contributed by atoms with van der Waals surface area (Å²) in [6.07, 6.45) is 0. The zero-order chi connectivity index (χ0) is 14.5. The summed E-state index contributed by atoms with van der Waals surface area (Å²) < 4.78 is 5.79. The monoisotopic (exact) mass is 293 g/mol. The molecule has 110 valence electrons. The number of nitrogens with two attached hydrogens (primary N) is 1. The van der Waals surface area contributed by atoms with Gasteiger partial charge in [-0.25, -0.2) is 0 Å². The molecule has 0 bridgehead atoms. The molecule has 0 spiro atoms. The van der Waals surface area contributed by atoms with E-state index in [0.717, 1.165) is 37.5 Å². The lowest BCUT2D eigenvalue weighted by Gasteiger charge is -2.37. The van der Waals surface area contributed by atoms with E-state index in [1.54, 1.807) is 0 Å². The van der Waals surface area contributed by atoms with Gasteiger partial charge in [0.1, 0.15) is 17.3 Å². The van der Waals surface area contributed by atoms with Crippen LogP contribution in [0.3, 0.4) is 0 Å². The summed E-state index contributed by atoms with van der Waals surface area (Å²) in [6, 6.07) is 8.27. The van der Waals surface area contributed by atoms with Crippen LogP contribution in [0.1, 0.15) is 12.5 Å². The molecular formula is C15H23N3OS. The molecule has 1 fully saturated rings. The van der Waals surface area contributed by atoms with Crippen molar-refractivity contribution < 1.29 is 4.74 Å². The molecule has 5 heteroatoms. The highest BCUT2D eigenvalue weighted by atomic mass is 32.1. The predicted octanol–water partition coefficient (Wildman–Crippen LogP) is 1.34. The van der Waals surface area contributed by atoms with Gasteiger partial charge in [0.2, 0.25) is 0 Å². The third kappa shape index (κ3) is 4.16. The van der Waals surface area contributed by atoms with Gasteiger partial charge in [-0.1, -0.05) is 24.4 Å². The standard InChI is InChI=1S/C15H23N3OS/c1-12-11-18(7-6-17(12)2)8-9-19-14-5-3-4-13(10-14)15(16)20/h3-5,10,12H,6-9,11H2,1-2H3,(H2,16,20). The van der Waals surface area contributed by atoms with E-state index in [-0.39, 0.29) is 0 Å². The molecule has 20 heavy (non-hydrogen) atoms. The van der Waals surface area contributed by atoms with E-state index in [0.29, 0.717) is 17.6 Å². The first-order chi connectivity index (χ1) is 9.56. The van der Waals surface area contributed by atoms with Crippen molar-refractivity contribution in [1.82, 2.24) is 9.80 Å². The van der Waals surface area contributed by atoms with Crippen LogP contribution in [0, 0.1) is 0 Å². The molecule has 1 aromatic carbocycles. The van der Waals surface area contributed by atoms with Gasteiger partial charge >= 0.3 is 0 Å². The minimum atomic E-state index is 0.406. The first-order valence-electron chi connectivity index (χ1n) is 7.01. The summed E-state index contributed by atoms with van der Waals surface area (Å²) in [5.41, 5.74) is 6.47. The van der Waals surface area contributed by atoms with Gasteiger partial charge in [0.15, 0.2) is 0 Å². The van der Waals surface area contributed by atoms with Gasteiger partial charge in [-0.15, -0.1) is 0 Å². The molecule has 0 radical (unpaired) electrons. The number of hydrogen-bond donors (Lipinski definition) is 1. The second-order valence-electron chi connectivity index (χ2n) is 5.37. The van der Waals surface area contributed by atoms with Crippen molar-refractivity contribution in [3.63, 3.8) is 0 Å². The van der Waals surface area contributed by atoms with Crippen LogP contribution in [-0.4, -0.2) is 60.7 Å². The second-order valence-corrected chi connectivity index (χ2v) is 5.81. The number of nitrogens with zero attached hydrogens (tertiary/aromatic N) is 2. The summed E-state index contributed by atoms with van der Waals surface area (Å²) >= 11 is 4.97. The molecular weight excluding hydrogens is 270 g/mol. The van der Waals surface area contributed by atoms with Crippen LogP contribution in [0.2, 0.25) is 0 Å². The molecule has 1 heterocycles. The Morgan fingerprint density at radius 1 is 1.45 bits per heavy atom. The minimum Gasteiger partial charge on any atom is -0.492 e. The Bertz CT molecular complexity index is 466. The van der Waals surface area contributed by atoms with Crippen molar-refractivity contribution in [3.05, 3.63) is 29.8 Å². The maximum atomic E-state index is 5.79. The molecule has 1 atom stereocenters. The average molecular weight is 293 g/mol. The fourth-order valence-corrected chi connectivity index (χ4v) is 2.49. The van der Waals surface area contributed by atoms with Crippen LogP contribution in [0.25, 0.3) is 0 Å². The Morgan fingerprint density at radius 3 is 2.95 bits per heavy atom. The molecule has 1 aliphatic rings. The van der Waals surface area contributed by atoms with Crippen LogP contribution in [-0.2, 0) is 0 Å². The topological polar surface area (TPSA) is 41.7 Å². The smallest absolute Gasteiger partial charge is 0.120 e. The van der Waals surface area contributed by atoms with Gasteiger partial charge in [0.05, 0.1) is 0 Å². The van der Waals surface area contributed by atoms with E-state index in [1.807, 2.05) is 24.3 Å². The Hall–Kier alpha value is -1.17. The third-order valence-electron chi connectivity index (χ3n) is 3.84. The van der Waals surface area contributed by atoms with E-state index in [2.05, 4.69) is 23.8 Å². The summed E-state index contributed by atoms with van der Waals surface area (Å²) in [4.78, 5) is 5.24. The van der Waals surface area contributed by atoms with Gasteiger partial charge in [-0.2, -0.15) is 0 Å². The third-order valence-corrected chi connectivity index (χ3v) is 4.07. The molecule has 0 aliphatic carbocycles. The Balaban J connectivity index is 1.78.